The van der Waals surface area contributed by atoms with Crippen molar-refractivity contribution in [1.82, 2.24) is 0 Å². The number of aliphatic hydroxyl groups is 1. The van der Waals surface area contributed by atoms with E-state index in [1.54, 1.807) is 6.07 Å². The Bertz CT molecular complexity index is 609. The molecule has 0 fully saturated rings. The van der Waals surface area contributed by atoms with E-state index < -0.39 is 5.60 Å². The van der Waals surface area contributed by atoms with Gasteiger partial charge in [-0.1, -0.05) is 48.5 Å². The summed E-state index contributed by atoms with van der Waals surface area (Å²) in [5.41, 5.74) is 1.10. The van der Waals surface area contributed by atoms with E-state index in [0.717, 1.165) is 5.56 Å². The minimum Gasteiger partial charge on any atom is -0.375 e. The van der Waals surface area contributed by atoms with Crippen LogP contribution in [0, 0.1) is 0 Å². The standard InChI is InChI=1S/C16H15NO2/c18-15-16(19,11-10-12-6-2-1-3-7-12)13-8-4-5-9-14(13)17-15/h1-9,19H,10-11H2,(H,17,18). The highest BCUT2D eigenvalue weighted by molar-refractivity contribution is 6.04. The summed E-state index contributed by atoms with van der Waals surface area (Å²) in [5.74, 6) is -0.329. The summed E-state index contributed by atoms with van der Waals surface area (Å²) in [7, 11) is 0. The maximum Gasteiger partial charge on any atom is 0.261 e. The molecular weight excluding hydrogens is 238 g/mol. The minimum absolute atomic E-state index is 0.329. The van der Waals surface area contributed by atoms with Gasteiger partial charge in [0.1, 0.15) is 0 Å². The highest BCUT2D eigenvalue weighted by Gasteiger charge is 2.44. The molecule has 0 radical (unpaired) electrons. The Kier molecular flexibility index (Phi) is 2.84. The SMILES string of the molecule is O=C1Nc2ccccc2C1(O)CCc1ccccc1. The maximum absolute atomic E-state index is 12.0. The maximum atomic E-state index is 12.0. The van der Waals surface area contributed by atoms with Crippen LogP contribution >= 0.6 is 0 Å². The smallest absolute Gasteiger partial charge is 0.261 e. The number of carbonyl (C=O) groups excluding carboxylic acids is 1. The fourth-order valence-corrected chi connectivity index (χ4v) is 2.52. The minimum atomic E-state index is -1.41. The molecule has 2 N–H and O–H groups in total. The van der Waals surface area contributed by atoms with Gasteiger partial charge in [0.25, 0.3) is 5.91 Å². The molecule has 0 spiro atoms. The lowest BCUT2D eigenvalue weighted by Gasteiger charge is -2.20. The molecule has 2 aromatic rings. The molecule has 0 aliphatic carbocycles. The zero-order chi connectivity index (χ0) is 13.3. The van der Waals surface area contributed by atoms with Crippen LogP contribution in [0.15, 0.2) is 54.6 Å². The third-order valence-corrected chi connectivity index (χ3v) is 3.61. The number of nitrogens with one attached hydrogen (secondary N) is 1. The molecule has 19 heavy (non-hydrogen) atoms. The number of benzene rings is 2. The molecule has 1 amide bonds. The predicted molar refractivity (Wildman–Crippen MR) is 73.7 cm³/mol. The van der Waals surface area contributed by atoms with Gasteiger partial charge >= 0.3 is 0 Å². The van der Waals surface area contributed by atoms with Crippen LogP contribution in [0.25, 0.3) is 0 Å². The van der Waals surface area contributed by atoms with Gasteiger partial charge in [0.2, 0.25) is 0 Å². The number of hydrogen-bond donors (Lipinski definition) is 2. The number of fused-ring (bicyclic) bond motifs is 1. The topological polar surface area (TPSA) is 49.3 Å². The van der Waals surface area contributed by atoms with Crippen LogP contribution in [-0.4, -0.2) is 11.0 Å². The monoisotopic (exact) mass is 253 g/mol. The van der Waals surface area contributed by atoms with Crippen molar-refractivity contribution in [2.75, 3.05) is 5.32 Å². The van der Waals surface area contributed by atoms with E-state index in [-0.39, 0.29) is 5.91 Å². The summed E-state index contributed by atoms with van der Waals surface area (Å²) in [6.07, 6.45) is 1.05. The first-order valence-corrected chi connectivity index (χ1v) is 6.37. The second kappa shape index (κ2) is 4.52. The first-order chi connectivity index (χ1) is 9.20. The van der Waals surface area contributed by atoms with Gasteiger partial charge < -0.3 is 10.4 Å². The van der Waals surface area contributed by atoms with Crippen molar-refractivity contribution in [3.63, 3.8) is 0 Å². The lowest BCUT2D eigenvalue weighted by atomic mass is 9.89. The first kappa shape index (κ1) is 11.9. The molecule has 0 saturated carbocycles. The van der Waals surface area contributed by atoms with Crippen LogP contribution in [0.5, 0.6) is 0 Å². The Labute approximate surface area is 111 Å². The molecule has 1 aliphatic rings. The van der Waals surface area contributed by atoms with Gasteiger partial charge in [0.05, 0.1) is 0 Å². The predicted octanol–water partition coefficient (Wildman–Crippen LogP) is 2.46. The van der Waals surface area contributed by atoms with E-state index in [0.29, 0.717) is 24.1 Å². The number of rotatable bonds is 3. The fraction of sp³-hybridized carbons (Fsp3) is 0.188. The van der Waals surface area contributed by atoms with Crippen LogP contribution in [0.1, 0.15) is 17.5 Å². The molecule has 0 aromatic heterocycles. The first-order valence-electron chi connectivity index (χ1n) is 6.37. The van der Waals surface area contributed by atoms with E-state index >= 15 is 0 Å². The van der Waals surface area contributed by atoms with Gasteiger partial charge in [-0.2, -0.15) is 0 Å². The van der Waals surface area contributed by atoms with E-state index in [9.17, 15) is 9.90 Å². The van der Waals surface area contributed by atoms with Crippen molar-refractivity contribution < 1.29 is 9.90 Å². The molecule has 2 aromatic carbocycles. The normalized spacial score (nSPS) is 21.0. The highest BCUT2D eigenvalue weighted by atomic mass is 16.3. The number of aryl methyl sites for hydroxylation is 1. The summed E-state index contributed by atoms with van der Waals surface area (Å²) >= 11 is 0. The van der Waals surface area contributed by atoms with Crippen LogP contribution in [0.4, 0.5) is 5.69 Å². The van der Waals surface area contributed by atoms with Crippen LogP contribution in [0.3, 0.4) is 0 Å². The molecule has 0 saturated heterocycles. The Hall–Kier alpha value is -2.13. The molecule has 3 heteroatoms. The van der Waals surface area contributed by atoms with Crippen molar-refractivity contribution in [2.24, 2.45) is 0 Å². The molecule has 96 valence electrons. The molecular formula is C16H15NO2. The van der Waals surface area contributed by atoms with Crippen molar-refractivity contribution in [1.29, 1.82) is 0 Å². The van der Waals surface area contributed by atoms with Crippen LogP contribution < -0.4 is 5.32 Å². The Balaban J connectivity index is 1.85. The van der Waals surface area contributed by atoms with Crippen molar-refractivity contribution >= 4 is 11.6 Å². The lowest BCUT2D eigenvalue weighted by molar-refractivity contribution is -0.134. The van der Waals surface area contributed by atoms with Crippen molar-refractivity contribution in [3.05, 3.63) is 65.7 Å². The largest absolute Gasteiger partial charge is 0.375 e. The summed E-state index contributed by atoms with van der Waals surface area (Å²) in [6, 6.07) is 17.2. The van der Waals surface area contributed by atoms with Gasteiger partial charge in [-0.25, -0.2) is 0 Å². The number of carbonyl (C=O) groups is 1. The summed E-state index contributed by atoms with van der Waals surface area (Å²) < 4.78 is 0. The van der Waals surface area contributed by atoms with Gasteiger partial charge in [-0.15, -0.1) is 0 Å². The summed E-state index contributed by atoms with van der Waals surface area (Å²) in [4.78, 5) is 12.0. The molecule has 1 heterocycles. The lowest BCUT2D eigenvalue weighted by Crippen LogP contribution is -2.34. The van der Waals surface area contributed by atoms with Crippen LogP contribution in [-0.2, 0) is 16.8 Å². The van der Waals surface area contributed by atoms with E-state index in [1.165, 1.54) is 0 Å². The Morgan fingerprint density at radius 1 is 1.00 bits per heavy atom. The summed E-state index contributed by atoms with van der Waals surface area (Å²) in [5, 5.41) is 13.4. The van der Waals surface area contributed by atoms with Crippen LogP contribution in [0.2, 0.25) is 0 Å². The van der Waals surface area contributed by atoms with Crippen molar-refractivity contribution in [2.45, 2.75) is 18.4 Å². The van der Waals surface area contributed by atoms with E-state index in [2.05, 4.69) is 5.32 Å². The third kappa shape index (κ3) is 2.02. The second-order valence-electron chi connectivity index (χ2n) is 4.85. The zero-order valence-electron chi connectivity index (χ0n) is 10.5. The summed E-state index contributed by atoms with van der Waals surface area (Å²) in [6.45, 7) is 0. The van der Waals surface area contributed by atoms with Crippen molar-refractivity contribution in [3.8, 4) is 0 Å². The third-order valence-electron chi connectivity index (χ3n) is 3.61. The van der Waals surface area contributed by atoms with E-state index in [1.807, 2.05) is 48.5 Å². The molecule has 1 unspecified atom stereocenters. The molecule has 0 bridgehead atoms. The number of amides is 1. The van der Waals surface area contributed by atoms with Gasteiger partial charge in [-0.3, -0.25) is 4.79 Å². The average molecular weight is 253 g/mol. The van der Waals surface area contributed by atoms with E-state index in [4.69, 9.17) is 0 Å². The van der Waals surface area contributed by atoms with Gasteiger partial charge in [0, 0.05) is 11.3 Å². The molecule has 3 rings (SSSR count). The highest BCUT2D eigenvalue weighted by Crippen LogP contribution is 2.38. The average Bonchev–Trinajstić information content (AvgIpc) is 2.71. The van der Waals surface area contributed by atoms with Gasteiger partial charge in [0.15, 0.2) is 5.60 Å². The Morgan fingerprint density at radius 2 is 1.68 bits per heavy atom. The zero-order valence-corrected chi connectivity index (χ0v) is 10.5. The fourth-order valence-electron chi connectivity index (χ4n) is 2.52. The molecule has 3 nitrogen and oxygen atoms in total. The number of hydrogen-bond acceptors (Lipinski definition) is 2. The number of para-hydroxylation sites is 1. The van der Waals surface area contributed by atoms with Gasteiger partial charge in [-0.05, 0) is 24.5 Å². The molecule has 1 aliphatic heterocycles. The quantitative estimate of drug-likeness (QED) is 0.882. The second-order valence-corrected chi connectivity index (χ2v) is 4.85. The number of anilines is 1. The Morgan fingerprint density at radius 3 is 2.47 bits per heavy atom. The molecule has 1 atom stereocenters.